The minimum Gasteiger partial charge on any atom is -0.325 e. The van der Waals surface area contributed by atoms with Crippen molar-refractivity contribution in [3.05, 3.63) is 56.5 Å². The third kappa shape index (κ3) is 3.63. The number of amides is 1. The number of thioether (sulfide) groups is 1. The van der Waals surface area contributed by atoms with Gasteiger partial charge in [0.15, 0.2) is 5.65 Å². The first-order valence-electron chi connectivity index (χ1n) is 8.22. The standard InChI is InChI=1S/C18H19N5O3S/c1-10-7-5-6-8-12(10)21-13(24)9-27-16-14-15(19-11(2)20-16)22(3)18(26)23(4)17(14)25/h5-8H,9H2,1-4H3,(H,21,24). The number of carbonyl (C=O) groups is 1. The van der Waals surface area contributed by atoms with Gasteiger partial charge in [-0.25, -0.2) is 14.8 Å². The van der Waals surface area contributed by atoms with Gasteiger partial charge in [0.1, 0.15) is 16.2 Å². The van der Waals surface area contributed by atoms with E-state index in [1.165, 1.54) is 11.6 Å². The molecule has 0 bridgehead atoms. The van der Waals surface area contributed by atoms with E-state index in [0.29, 0.717) is 10.9 Å². The minimum atomic E-state index is -0.477. The van der Waals surface area contributed by atoms with Crippen molar-refractivity contribution in [2.24, 2.45) is 14.1 Å². The average molecular weight is 385 g/mol. The van der Waals surface area contributed by atoms with Crippen molar-refractivity contribution in [3.63, 3.8) is 0 Å². The lowest BCUT2D eigenvalue weighted by atomic mass is 10.2. The molecule has 0 atom stereocenters. The summed E-state index contributed by atoms with van der Waals surface area (Å²) in [7, 11) is 2.96. The third-order valence-electron chi connectivity index (χ3n) is 4.14. The number of anilines is 1. The molecule has 0 unspecified atom stereocenters. The Kier molecular flexibility index (Phi) is 5.13. The largest absolute Gasteiger partial charge is 0.332 e. The predicted molar refractivity (Wildman–Crippen MR) is 105 cm³/mol. The van der Waals surface area contributed by atoms with Crippen LogP contribution in [0.25, 0.3) is 11.0 Å². The summed E-state index contributed by atoms with van der Waals surface area (Å²) < 4.78 is 2.32. The van der Waals surface area contributed by atoms with E-state index in [-0.39, 0.29) is 22.7 Å². The Bertz CT molecular complexity index is 1170. The Hall–Kier alpha value is -2.94. The zero-order valence-electron chi connectivity index (χ0n) is 15.4. The summed E-state index contributed by atoms with van der Waals surface area (Å²) >= 11 is 1.14. The average Bonchev–Trinajstić information content (AvgIpc) is 2.64. The second-order valence-electron chi connectivity index (χ2n) is 6.13. The molecule has 0 fully saturated rings. The van der Waals surface area contributed by atoms with Gasteiger partial charge in [-0.1, -0.05) is 30.0 Å². The highest BCUT2D eigenvalue weighted by atomic mass is 32.2. The van der Waals surface area contributed by atoms with Crippen LogP contribution in [0.1, 0.15) is 11.4 Å². The molecule has 0 spiro atoms. The van der Waals surface area contributed by atoms with E-state index in [2.05, 4.69) is 15.3 Å². The summed E-state index contributed by atoms with van der Waals surface area (Å²) in [6.07, 6.45) is 0. The molecule has 0 radical (unpaired) electrons. The maximum absolute atomic E-state index is 12.6. The van der Waals surface area contributed by atoms with Gasteiger partial charge >= 0.3 is 5.69 Å². The molecule has 3 rings (SSSR count). The number of carbonyl (C=O) groups excluding carboxylic acids is 1. The van der Waals surface area contributed by atoms with Gasteiger partial charge in [0.25, 0.3) is 5.56 Å². The predicted octanol–water partition coefficient (Wildman–Crippen LogP) is 1.37. The maximum Gasteiger partial charge on any atom is 0.332 e. The van der Waals surface area contributed by atoms with Crippen LogP contribution in [-0.4, -0.2) is 30.8 Å². The van der Waals surface area contributed by atoms with E-state index in [1.54, 1.807) is 14.0 Å². The molecule has 1 N–H and O–H groups in total. The number of fused-ring (bicyclic) bond motifs is 1. The van der Waals surface area contributed by atoms with Crippen LogP contribution in [0.3, 0.4) is 0 Å². The Morgan fingerprint density at radius 2 is 1.81 bits per heavy atom. The molecule has 0 aliphatic carbocycles. The van der Waals surface area contributed by atoms with Crippen molar-refractivity contribution in [1.29, 1.82) is 0 Å². The molecule has 2 heterocycles. The van der Waals surface area contributed by atoms with Crippen LogP contribution in [-0.2, 0) is 18.9 Å². The van der Waals surface area contributed by atoms with Gasteiger partial charge in [-0.3, -0.25) is 18.7 Å². The Labute approximate surface area is 159 Å². The molecular formula is C18H19N5O3S. The van der Waals surface area contributed by atoms with E-state index in [1.807, 2.05) is 31.2 Å². The minimum absolute atomic E-state index is 0.0753. The van der Waals surface area contributed by atoms with E-state index < -0.39 is 11.2 Å². The highest BCUT2D eigenvalue weighted by Crippen LogP contribution is 2.22. The van der Waals surface area contributed by atoms with Gasteiger partial charge in [0, 0.05) is 19.8 Å². The first kappa shape index (κ1) is 18.8. The summed E-state index contributed by atoms with van der Waals surface area (Å²) in [5.74, 6) is 0.291. The van der Waals surface area contributed by atoms with Crippen molar-refractivity contribution in [2.45, 2.75) is 18.9 Å². The first-order chi connectivity index (χ1) is 12.8. The molecule has 3 aromatic rings. The summed E-state index contributed by atoms with van der Waals surface area (Å²) in [4.78, 5) is 45.6. The van der Waals surface area contributed by atoms with E-state index in [9.17, 15) is 14.4 Å². The van der Waals surface area contributed by atoms with Gasteiger partial charge in [0.05, 0.1) is 5.75 Å². The molecule has 0 saturated carbocycles. The van der Waals surface area contributed by atoms with E-state index in [0.717, 1.165) is 27.6 Å². The molecule has 1 amide bonds. The van der Waals surface area contributed by atoms with Crippen LogP contribution in [0.4, 0.5) is 5.69 Å². The number of aryl methyl sites for hydroxylation is 3. The molecule has 8 nitrogen and oxygen atoms in total. The van der Waals surface area contributed by atoms with Crippen LogP contribution in [0.5, 0.6) is 0 Å². The van der Waals surface area contributed by atoms with Crippen molar-refractivity contribution in [2.75, 3.05) is 11.1 Å². The topological polar surface area (TPSA) is 98.9 Å². The van der Waals surface area contributed by atoms with Gasteiger partial charge in [0.2, 0.25) is 5.91 Å². The number of hydrogen-bond donors (Lipinski definition) is 1. The van der Waals surface area contributed by atoms with E-state index in [4.69, 9.17) is 0 Å². The monoisotopic (exact) mass is 385 g/mol. The number of benzene rings is 1. The number of para-hydroxylation sites is 1. The molecule has 1 aromatic carbocycles. The second-order valence-corrected chi connectivity index (χ2v) is 7.10. The molecule has 0 saturated heterocycles. The van der Waals surface area contributed by atoms with Crippen LogP contribution >= 0.6 is 11.8 Å². The van der Waals surface area contributed by atoms with Crippen molar-refractivity contribution < 1.29 is 4.79 Å². The lowest BCUT2D eigenvalue weighted by Gasteiger charge is -2.11. The molecule has 2 aromatic heterocycles. The summed E-state index contributed by atoms with van der Waals surface area (Å²) in [6.45, 7) is 3.59. The maximum atomic E-state index is 12.6. The smallest absolute Gasteiger partial charge is 0.325 e. The molecule has 0 aliphatic heterocycles. The van der Waals surface area contributed by atoms with Crippen molar-refractivity contribution in [1.82, 2.24) is 19.1 Å². The Morgan fingerprint density at radius 1 is 1.11 bits per heavy atom. The fourth-order valence-corrected chi connectivity index (χ4v) is 3.53. The number of rotatable bonds is 4. The summed E-state index contributed by atoms with van der Waals surface area (Å²) in [5.41, 5.74) is 1.03. The van der Waals surface area contributed by atoms with Gasteiger partial charge in [-0.2, -0.15) is 0 Å². The Balaban J connectivity index is 1.93. The fraction of sp³-hybridized carbons (Fsp3) is 0.278. The number of aromatic nitrogens is 4. The molecule has 0 aliphatic rings. The zero-order chi connectivity index (χ0) is 19.7. The number of hydrogen-bond acceptors (Lipinski definition) is 6. The lowest BCUT2D eigenvalue weighted by molar-refractivity contribution is -0.113. The van der Waals surface area contributed by atoms with Gasteiger partial charge in [-0.15, -0.1) is 0 Å². The lowest BCUT2D eigenvalue weighted by Crippen LogP contribution is -2.37. The highest BCUT2D eigenvalue weighted by Gasteiger charge is 2.17. The van der Waals surface area contributed by atoms with Gasteiger partial charge < -0.3 is 5.32 Å². The van der Waals surface area contributed by atoms with Gasteiger partial charge in [-0.05, 0) is 25.5 Å². The number of nitrogens with zero attached hydrogens (tertiary/aromatic N) is 4. The first-order valence-corrected chi connectivity index (χ1v) is 9.20. The van der Waals surface area contributed by atoms with Crippen molar-refractivity contribution in [3.8, 4) is 0 Å². The second kappa shape index (κ2) is 7.36. The summed E-state index contributed by atoms with van der Waals surface area (Å²) in [6, 6.07) is 7.48. The normalized spacial score (nSPS) is 11.0. The van der Waals surface area contributed by atoms with E-state index >= 15 is 0 Å². The fourth-order valence-electron chi connectivity index (χ4n) is 2.67. The van der Waals surface area contributed by atoms with Crippen LogP contribution in [0.2, 0.25) is 0 Å². The summed E-state index contributed by atoms with van der Waals surface area (Å²) in [5, 5.41) is 3.47. The van der Waals surface area contributed by atoms with Crippen LogP contribution in [0, 0.1) is 13.8 Å². The zero-order valence-corrected chi connectivity index (χ0v) is 16.3. The third-order valence-corrected chi connectivity index (χ3v) is 5.11. The number of nitrogens with one attached hydrogen (secondary N) is 1. The van der Waals surface area contributed by atoms with Crippen LogP contribution in [0.15, 0.2) is 38.9 Å². The Morgan fingerprint density at radius 3 is 2.52 bits per heavy atom. The molecule has 140 valence electrons. The molecule has 27 heavy (non-hydrogen) atoms. The molecule has 9 heteroatoms. The van der Waals surface area contributed by atoms with Crippen molar-refractivity contribution >= 4 is 34.4 Å². The SMILES string of the molecule is Cc1nc(SCC(=O)Nc2ccccc2C)c2c(=O)n(C)c(=O)n(C)c2n1. The quantitative estimate of drug-likeness (QED) is 0.538. The van der Waals surface area contributed by atoms with Crippen LogP contribution < -0.4 is 16.6 Å². The molecular weight excluding hydrogens is 366 g/mol. The highest BCUT2D eigenvalue weighted by molar-refractivity contribution is 8.00.